The van der Waals surface area contributed by atoms with Crippen LogP contribution in [-0.4, -0.2) is 137 Å². The highest BCUT2D eigenvalue weighted by Crippen LogP contribution is 2.33. The van der Waals surface area contributed by atoms with Gasteiger partial charge < -0.3 is 63.8 Å². The third kappa shape index (κ3) is 5.67. The van der Waals surface area contributed by atoms with Crippen LogP contribution in [0.5, 0.6) is 0 Å². The van der Waals surface area contributed by atoms with Gasteiger partial charge in [0.2, 0.25) is 0 Å². The quantitative estimate of drug-likeness (QED) is 0.213. The third-order valence-electron chi connectivity index (χ3n) is 6.39. The SMILES string of the molecule is CO[C@H]1[C@@H](O)[C@H](O[C@@H]2[C@@H](C)OC(O)C[C@H]2OC)O[C@H](C)[C@H]1O[C@@H]1O[C@H](CO)[C@@H](O)[C@H](O)[C@H]1O. The van der Waals surface area contributed by atoms with Crippen molar-refractivity contribution in [3.8, 4) is 0 Å². The molecule has 3 heterocycles. The van der Waals surface area contributed by atoms with Gasteiger partial charge in [-0.15, -0.1) is 0 Å². The molecule has 0 aromatic rings. The summed E-state index contributed by atoms with van der Waals surface area (Å²) in [6.45, 7) is 2.74. The molecule has 13 nitrogen and oxygen atoms in total. The van der Waals surface area contributed by atoms with E-state index < -0.39 is 92.6 Å². The molecule has 3 rings (SSSR count). The van der Waals surface area contributed by atoms with Crippen molar-refractivity contribution in [3.63, 3.8) is 0 Å². The Kier molecular flexibility index (Phi) is 9.42. The number of hydrogen-bond acceptors (Lipinski definition) is 13. The fraction of sp³-hybridized carbons (Fsp3) is 1.00. The van der Waals surface area contributed by atoms with Gasteiger partial charge in [-0.25, -0.2) is 0 Å². The van der Waals surface area contributed by atoms with E-state index in [4.69, 9.17) is 33.2 Å². The normalized spacial score (nSPS) is 51.5. The smallest absolute Gasteiger partial charge is 0.187 e. The Labute approximate surface area is 191 Å². The first-order chi connectivity index (χ1) is 15.6. The number of hydrogen-bond donors (Lipinski definition) is 6. The molecule has 6 N–H and O–H groups in total. The molecule has 0 radical (unpaired) electrons. The molecular weight excluding hydrogens is 448 g/mol. The Hall–Kier alpha value is -0.520. The molecule has 0 amide bonds. The minimum Gasteiger partial charge on any atom is -0.394 e. The summed E-state index contributed by atoms with van der Waals surface area (Å²) in [7, 11) is 2.84. The lowest BCUT2D eigenvalue weighted by Crippen LogP contribution is -2.65. The van der Waals surface area contributed by atoms with Crippen LogP contribution in [0.1, 0.15) is 20.3 Å². The van der Waals surface area contributed by atoms with Crippen LogP contribution in [0.3, 0.4) is 0 Å². The van der Waals surface area contributed by atoms with Gasteiger partial charge in [-0.2, -0.15) is 0 Å². The van der Waals surface area contributed by atoms with Crippen LogP contribution in [0.2, 0.25) is 0 Å². The monoisotopic (exact) mass is 484 g/mol. The first kappa shape index (κ1) is 27.1. The van der Waals surface area contributed by atoms with E-state index in [9.17, 15) is 30.6 Å². The molecule has 3 saturated heterocycles. The molecule has 0 aromatic carbocycles. The Morgan fingerprint density at radius 2 is 1.30 bits per heavy atom. The molecule has 3 aliphatic heterocycles. The van der Waals surface area contributed by atoms with Crippen molar-refractivity contribution >= 4 is 0 Å². The van der Waals surface area contributed by atoms with Gasteiger partial charge in [0.15, 0.2) is 18.9 Å². The van der Waals surface area contributed by atoms with Crippen molar-refractivity contribution in [1.82, 2.24) is 0 Å². The number of aliphatic hydroxyl groups is 6. The van der Waals surface area contributed by atoms with E-state index in [-0.39, 0.29) is 6.42 Å². The van der Waals surface area contributed by atoms with Crippen LogP contribution >= 0.6 is 0 Å². The highest BCUT2D eigenvalue weighted by atomic mass is 16.8. The van der Waals surface area contributed by atoms with E-state index in [0.717, 1.165) is 0 Å². The highest BCUT2D eigenvalue weighted by molar-refractivity contribution is 4.94. The molecule has 0 aromatic heterocycles. The van der Waals surface area contributed by atoms with E-state index in [1.807, 2.05) is 0 Å². The average molecular weight is 484 g/mol. The Bertz CT molecular complexity index is 609. The summed E-state index contributed by atoms with van der Waals surface area (Å²) in [5.41, 5.74) is 0. The summed E-state index contributed by atoms with van der Waals surface area (Å²) in [4.78, 5) is 0. The minimum absolute atomic E-state index is 0.181. The highest BCUT2D eigenvalue weighted by Gasteiger charge is 2.51. The van der Waals surface area contributed by atoms with Gasteiger partial charge in [-0.1, -0.05) is 0 Å². The van der Waals surface area contributed by atoms with E-state index in [1.165, 1.54) is 14.2 Å². The van der Waals surface area contributed by atoms with Crippen molar-refractivity contribution in [2.75, 3.05) is 20.8 Å². The minimum atomic E-state index is -1.62. The van der Waals surface area contributed by atoms with Gasteiger partial charge in [0, 0.05) is 20.6 Å². The summed E-state index contributed by atoms with van der Waals surface area (Å²) >= 11 is 0. The molecule has 0 bridgehead atoms. The van der Waals surface area contributed by atoms with Gasteiger partial charge >= 0.3 is 0 Å². The summed E-state index contributed by atoms with van der Waals surface area (Å²) in [6, 6.07) is 0. The largest absolute Gasteiger partial charge is 0.394 e. The fourth-order valence-electron chi connectivity index (χ4n) is 4.49. The van der Waals surface area contributed by atoms with Crippen molar-refractivity contribution in [2.45, 2.75) is 106 Å². The van der Waals surface area contributed by atoms with E-state index in [0.29, 0.717) is 0 Å². The maximum absolute atomic E-state index is 10.9. The molecule has 194 valence electrons. The number of methoxy groups -OCH3 is 2. The van der Waals surface area contributed by atoms with Crippen LogP contribution in [0, 0.1) is 0 Å². The van der Waals surface area contributed by atoms with Gasteiger partial charge in [0.25, 0.3) is 0 Å². The van der Waals surface area contributed by atoms with Crippen molar-refractivity contribution in [3.05, 3.63) is 0 Å². The molecule has 0 spiro atoms. The van der Waals surface area contributed by atoms with Gasteiger partial charge in [-0.3, -0.25) is 0 Å². The standard InChI is InChI=1S/C20H36O13/c1-7-16(9(27-3)5-11(22)29-7)32-20-15(26)18(28-4)17(8(2)30-20)33-19-14(25)13(24)12(23)10(6-21)31-19/h7-26H,5-6H2,1-4H3/t7-,8-,9-,10-,11?,12-,13+,14-,15-,16-,17-,18+,19+,20+/m1/s1. The molecule has 13 heteroatoms. The zero-order valence-corrected chi connectivity index (χ0v) is 19.0. The molecular formula is C20H36O13. The van der Waals surface area contributed by atoms with Gasteiger partial charge in [0.05, 0.1) is 24.9 Å². The van der Waals surface area contributed by atoms with Gasteiger partial charge in [-0.05, 0) is 13.8 Å². The topological polar surface area (TPSA) is 186 Å². The first-order valence-corrected chi connectivity index (χ1v) is 11.0. The van der Waals surface area contributed by atoms with E-state index >= 15 is 0 Å². The second-order valence-corrected chi connectivity index (χ2v) is 8.60. The van der Waals surface area contributed by atoms with Crippen molar-refractivity contribution in [2.24, 2.45) is 0 Å². The lowest BCUT2D eigenvalue weighted by atomic mass is 9.96. The third-order valence-corrected chi connectivity index (χ3v) is 6.39. The van der Waals surface area contributed by atoms with E-state index in [2.05, 4.69) is 0 Å². The van der Waals surface area contributed by atoms with Crippen molar-refractivity contribution in [1.29, 1.82) is 0 Å². The molecule has 0 saturated carbocycles. The average Bonchev–Trinajstić information content (AvgIpc) is 2.78. The zero-order valence-electron chi connectivity index (χ0n) is 19.0. The second-order valence-electron chi connectivity index (χ2n) is 8.60. The second kappa shape index (κ2) is 11.5. The summed E-state index contributed by atoms with van der Waals surface area (Å²) in [6.07, 6.45) is -15.0. The summed E-state index contributed by atoms with van der Waals surface area (Å²) in [5.74, 6) is 0. The maximum atomic E-state index is 10.9. The Morgan fingerprint density at radius 1 is 0.697 bits per heavy atom. The van der Waals surface area contributed by atoms with Crippen LogP contribution in [0.15, 0.2) is 0 Å². The molecule has 3 aliphatic rings. The predicted octanol–water partition coefficient (Wildman–Crippen LogP) is -3.18. The fourth-order valence-corrected chi connectivity index (χ4v) is 4.49. The summed E-state index contributed by atoms with van der Waals surface area (Å²) < 4.78 is 39.3. The first-order valence-electron chi connectivity index (χ1n) is 11.0. The molecule has 3 fully saturated rings. The van der Waals surface area contributed by atoms with Crippen LogP contribution < -0.4 is 0 Å². The maximum Gasteiger partial charge on any atom is 0.187 e. The van der Waals surface area contributed by atoms with Gasteiger partial charge in [0.1, 0.15) is 48.8 Å². The molecule has 1 unspecified atom stereocenters. The number of rotatable bonds is 7. The number of ether oxygens (including phenoxy) is 7. The lowest BCUT2D eigenvalue weighted by Gasteiger charge is -2.48. The molecule has 33 heavy (non-hydrogen) atoms. The zero-order chi connectivity index (χ0) is 24.4. The van der Waals surface area contributed by atoms with Crippen LogP contribution in [0.4, 0.5) is 0 Å². The van der Waals surface area contributed by atoms with Crippen LogP contribution in [0.25, 0.3) is 0 Å². The summed E-state index contributed by atoms with van der Waals surface area (Å²) in [5, 5.41) is 60.3. The van der Waals surface area contributed by atoms with Crippen LogP contribution in [-0.2, 0) is 33.2 Å². The molecule has 14 atom stereocenters. The Balaban J connectivity index is 1.70. The van der Waals surface area contributed by atoms with E-state index in [1.54, 1.807) is 13.8 Å². The Morgan fingerprint density at radius 3 is 1.91 bits per heavy atom. The molecule has 0 aliphatic carbocycles. The van der Waals surface area contributed by atoms with Crippen molar-refractivity contribution < 1.29 is 63.8 Å². The predicted molar refractivity (Wildman–Crippen MR) is 107 cm³/mol. The number of aliphatic hydroxyl groups excluding tert-OH is 6. The lowest BCUT2D eigenvalue weighted by molar-refractivity contribution is -0.369.